The van der Waals surface area contributed by atoms with Crippen LogP contribution >= 0.6 is 11.6 Å². The number of anilines is 2. The van der Waals surface area contributed by atoms with Gasteiger partial charge in [0.25, 0.3) is 0 Å². The molecule has 0 aliphatic carbocycles. The fourth-order valence-electron chi connectivity index (χ4n) is 1.50. The first kappa shape index (κ1) is 13.3. The molecule has 0 unspecified atom stereocenters. The Labute approximate surface area is 113 Å². The molecule has 2 N–H and O–H groups in total. The number of carboxylic acids is 1. The first-order valence-corrected chi connectivity index (χ1v) is 5.77. The summed E-state index contributed by atoms with van der Waals surface area (Å²) >= 11 is 5.93. The zero-order chi connectivity index (χ0) is 14.0. The monoisotopic (exact) mass is 280 g/mol. The summed E-state index contributed by atoms with van der Waals surface area (Å²) in [6, 6.07) is 5.58. The van der Waals surface area contributed by atoms with E-state index < -0.39 is 5.97 Å². The topological polar surface area (TPSA) is 62.2 Å². The number of aromatic carboxylic acids is 1. The van der Waals surface area contributed by atoms with Crippen molar-refractivity contribution in [1.82, 2.24) is 4.98 Å². The van der Waals surface area contributed by atoms with Crippen molar-refractivity contribution in [2.45, 2.75) is 6.92 Å². The number of rotatable bonds is 3. The molecule has 0 amide bonds. The van der Waals surface area contributed by atoms with Crippen LogP contribution in [0.25, 0.3) is 0 Å². The molecule has 1 aromatic heterocycles. The highest BCUT2D eigenvalue weighted by Gasteiger charge is 2.10. The smallest absolute Gasteiger partial charge is 0.337 e. The van der Waals surface area contributed by atoms with Crippen molar-refractivity contribution in [3.8, 4) is 0 Å². The van der Waals surface area contributed by atoms with Crippen LogP contribution in [0.2, 0.25) is 5.02 Å². The van der Waals surface area contributed by atoms with Gasteiger partial charge in [-0.25, -0.2) is 14.2 Å². The average Bonchev–Trinajstić information content (AvgIpc) is 2.36. The Morgan fingerprint density at radius 3 is 2.79 bits per heavy atom. The highest BCUT2D eigenvalue weighted by molar-refractivity contribution is 6.33. The molecule has 98 valence electrons. The van der Waals surface area contributed by atoms with E-state index in [-0.39, 0.29) is 22.2 Å². The first-order chi connectivity index (χ1) is 8.97. The van der Waals surface area contributed by atoms with Crippen LogP contribution in [0.3, 0.4) is 0 Å². The number of carboxylic acid groups (broad SMARTS) is 1. The first-order valence-electron chi connectivity index (χ1n) is 5.39. The highest BCUT2D eigenvalue weighted by Crippen LogP contribution is 2.26. The number of aryl methyl sites for hydroxylation is 1. The van der Waals surface area contributed by atoms with E-state index in [2.05, 4.69) is 10.3 Å². The molecule has 0 aliphatic heterocycles. The summed E-state index contributed by atoms with van der Waals surface area (Å²) in [5, 5.41) is 11.8. The van der Waals surface area contributed by atoms with Gasteiger partial charge in [0.2, 0.25) is 0 Å². The summed E-state index contributed by atoms with van der Waals surface area (Å²) in [6.07, 6.45) is 1.19. The Balaban J connectivity index is 2.33. The summed E-state index contributed by atoms with van der Waals surface area (Å²) in [5.41, 5.74) is 1.34. The van der Waals surface area contributed by atoms with Crippen LogP contribution in [-0.4, -0.2) is 16.1 Å². The maximum atomic E-state index is 13.1. The molecule has 0 radical (unpaired) electrons. The van der Waals surface area contributed by atoms with Gasteiger partial charge in [-0.2, -0.15) is 0 Å². The Morgan fingerprint density at radius 2 is 2.16 bits per heavy atom. The van der Waals surface area contributed by atoms with Crippen LogP contribution in [0.1, 0.15) is 15.9 Å². The lowest BCUT2D eigenvalue weighted by Crippen LogP contribution is -2.01. The Hall–Kier alpha value is -2.14. The van der Waals surface area contributed by atoms with Crippen LogP contribution in [-0.2, 0) is 0 Å². The van der Waals surface area contributed by atoms with E-state index in [9.17, 15) is 9.18 Å². The minimum atomic E-state index is -1.11. The zero-order valence-corrected chi connectivity index (χ0v) is 10.7. The van der Waals surface area contributed by atoms with Gasteiger partial charge in [-0.05, 0) is 30.7 Å². The van der Waals surface area contributed by atoms with Crippen LogP contribution in [0, 0.1) is 12.7 Å². The lowest BCUT2D eigenvalue weighted by Gasteiger charge is -2.10. The van der Waals surface area contributed by atoms with Crippen molar-refractivity contribution in [1.29, 1.82) is 0 Å². The molecule has 0 saturated carbocycles. The number of hydrogen-bond acceptors (Lipinski definition) is 3. The van der Waals surface area contributed by atoms with E-state index >= 15 is 0 Å². The Kier molecular flexibility index (Phi) is 3.66. The molecule has 0 bridgehead atoms. The van der Waals surface area contributed by atoms with Gasteiger partial charge in [-0.1, -0.05) is 17.7 Å². The number of nitrogens with zero attached hydrogens (tertiary/aromatic N) is 1. The second-order valence-electron chi connectivity index (χ2n) is 3.94. The van der Waals surface area contributed by atoms with Gasteiger partial charge >= 0.3 is 5.97 Å². The van der Waals surface area contributed by atoms with E-state index in [0.717, 1.165) is 5.56 Å². The molecule has 1 aromatic carbocycles. The molecule has 6 heteroatoms. The predicted octanol–water partition coefficient (Wildman–Crippen LogP) is 3.62. The van der Waals surface area contributed by atoms with E-state index in [0.29, 0.717) is 5.69 Å². The Morgan fingerprint density at radius 1 is 1.42 bits per heavy atom. The van der Waals surface area contributed by atoms with E-state index in [1.807, 2.05) is 0 Å². The quantitative estimate of drug-likeness (QED) is 0.901. The van der Waals surface area contributed by atoms with Gasteiger partial charge in [0.15, 0.2) is 0 Å². The van der Waals surface area contributed by atoms with Crippen molar-refractivity contribution >= 4 is 29.1 Å². The van der Waals surface area contributed by atoms with Gasteiger partial charge in [0.1, 0.15) is 11.6 Å². The number of aromatic nitrogens is 1. The van der Waals surface area contributed by atoms with Crippen molar-refractivity contribution < 1.29 is 14.3 Å². The second kappa shape index (κ2) is 5.24. The van der Waals surface area contributed by atoms with Gasteiger partial charge < -0.3 is 10.4 Å². The third kappa shape index (κ3) is 3.00. The SMILES string of the molecule is Cc1ccc(F)cc1Nc1ncc(C(=O)O)cc1Cl. The molecule has 2 aromatic rings. The van der Waals surface area contributed by atoms with Gasteiger partial charge in [-0.15, -0.1) is 0 Å². The van der Waals surface area contributed by atoms with Crippen LogP contribution in [0.4, 0.5) is 15.9 Å². The molecular formula is C13H10ClFN2O2. The van der Waals surface area contributed by atoms with Gasteiger partial charge in [-0.3, -0.25) is 0 Å². The largest absolute Gasteiger partial charge is 0.478 e. The van der Waals surface area contributed by atoms with Crippen LogP contribution < -0.4 is 5.32 Å². The summed E-state index contributed by atoms with van der Waals surface area (Å²) in [6.45, 7) is 1.81. The zero-order valence-electron chi connectivity index (χ0n) is 9.95. The number of pyridine rings is 1. The normalized spacial score (nSPS) is 10.3. The lowest BCUT2D eigenvalue weighted by molar-refractivity contribution is 0.0696. The molecule has 0 aliphatic rings. The highest BCUT2D eigenvalue weighted by atomic mass is 35.5. The third-order valence-electron chi connectivity index (χ3n) is 2.54. The van der Waals surface area contributed by atoms with Crippen LogP contribution in [0.15, 0.2) is 30.5 Å². The number of nitrogens with one attached hydrogen (secondary N) is 1. The molecule has 0 fully saturated rings. The third-order valence-corrected chi connectivity index (χ3v) is 2.83. The maximum absolute atomic E-state index is 13.1. The number of benzene rings is 1. The van der Waals surface area contributed by atoms with E-state index in [1.165, 1.54) is 24.4 Å². The van der Waals surface area contributed by atoms with Crippen molar-refractivity contribution in [3.05, 3.63) is 52.4 Å². The molecule has 1 heterocycles. The van der Waals surface area contributed by atoms with E-state index in [1.54, 1.807) is 13.0 Å². The second-order valence-corrected chi connectivity index (χ2v) is 4.35. The lowest BCUT2D eigenvalue weighted by atomic mass is 10.2. The summed E-state index contributed by atoms with van der Waals surface area (Å²) < 4.78 is 13.1. The van der Waals surface area contributed by atoms with Crippen molar-refractivity contribution in [2.75, 3.05) is 5.32 Å². The maximum Gasteiger partial charge on any atom is 0.337 e. The Bertz CT molecular complexity index is 647. The molecule has 19 heavy (non-hydrogen) atoms. The minimum absolute atomic E-state index is 0.00786. The molecule has 4 nitrogen and oxygen atoms in total. The van der Waals surface area contributed by atoms with Crippen LogP contribution in [0.5, 0.6) is 0 Å². The molecular weight excluding hydrogens is 271 g/mol. The van der Waals surface area contributed by atoms with Crippen molar-refractivity contribution in [2.24, 2.45) is 0 Å². The standard InChI is InChI=1S/C13H10ClFN2O2/c1-7-2-3-9(15)5-11(7)17-12-10(14)4-8(6-16-12)13(18)19/h2-6H,1H3,(H,16,17)(H,18,19). The predicted molar refractivity (Wildman–Crippen MR) is 70.6 cm³/mol. The van der Waals surface area contributed by atoms with E-state index in [4.69, 9.17) is 16.7 Å². The van der Waals surface area contributed by atoms with Gasteiger partial charge in [0, 0.05) is 11.9 Å². The minimum Gasteiger partial charge on any atom is -0.478 e. The average molecular weight is 281 g/mol. The number of hydrogen-bond donors (Lipinski definition) is 2. The summed E-state index contributed by atoms with van der Waals surface area (Å²) in [4.78, 5) is 14.7. The number of halogens is 2. The fraction of sp³-hybridized carbons (Fsp3) is 0.0769. The fourth-order valence-corrected chi connectivity index (χ4v) is 1.72. The molecule has 2 rings (SSSR count). The summed E-state index contributed by atoms with van der Waals surface area (Å²) in [7, 11) is 0. The van der Waals surface area contributed by atoms with Crippen molar-refractivity contribution in [3.63, 3.8) is 0 Å². The molecule has 0 saturated heterocycles. The molecule has 0 spiro atoms. The number of carbonyl (C=O) groups is 1. The van der Waals surface area contributed by atoms with Gasteiger partial charge in [0.05, 0.1) is 10.6 Å². The molecule has 0 atom stereocenters. The summed E-state index contributed by atoms with van der Waals surface area (Å²) in [5.74, 6) is -1.21.